The first-order valence-electron chi connectivity index (χ1n) is 15.2. The normalized spacial score (nSPS) is 16.5. The van der Waals surface area contributed by atoms with E-state index in [1.54, 1.807) is 0 Å². The number of hydrogen-bond donors (Lipinski definition) is 2. The number of hydrogen-bond acceptors (Lipinski definition) is 3. The van der Waals surface area contributed by atoms with Crippen LogP contribution in [0.3, 0.4) is 0 Å². The van der Waals surface area contributed by atoms with Crippen LogP contribution in [0.2, 0.25) is 0 Å². The lowest BCUT2D eigenvalue weighted by Gasteiger charge is -2.28. The van der Waals surface area contributed by atoms with Gasteiger partial charge in [-0.15, -0.1) is 0 Å². The van der Waals surface area contributed by atoms with Crippen molar-refractivity contribution in [3.63, 3.8) is 0 Å². The average Bonchev–Trinajstić information content (AvgIpc) is 2.95. The molecule has 1 atom stereocenters. The summed E-state index contributed by atoms with van der Waals surface area (Å²) >= 11 is 0. The molecule has 5 rings (SSSR count). The average molecular weight is 540 g/mol. The van der Waals surface area contributed by atoms with Gasteiger partial charge < -0.3 is 15.2 Å². The van der Waals surface area contributed by atoms with Gasteiger partial charge in [-0.3, -0.25) is 4.79 Å². The largest absolute Gasteiger partial charge is 0.457 e. The lowest BCUT2D eigenvalue weighted by Crippen LogP contribution is -2.22. The quantitative estimate of drug-likeness (QED) is 0.285. The molecule has 2 N–H and O–H groups in total. The smallest absolute Gasteiger partial charge is 0.225 e. The van der Waals surface area contributed by atoms with Crippen molar-refractivity contribution in [2.45, 2.75) is 102 Å². The van der Waals surface area contributed by atoms with Gasteiger partial charge in [0, 0.05) is 29.2 Å². The Morgan fingerprint density at radius 2 is 1.57 bits per heavy atom. The molecule has 3 aromatic rings. The number of anilines is 1. The van der Waals surface area contributed by atoms with Crippen molar-refractivity contribution < 1.29 is 14.6 Å². The van der Waals surface area contributed by atoms with E-state index >= 15 is 0 Å². The second kappa shape index (κ2) is 12.6. The molecule has 40 heavy (non-hydrogen) atoms. The molecule has 1 unspecified atom stereocenters. The van der Waals surface area contributed by atoms with Gasteiger partial charge in [0.2, 0.25) is 5.91 Å². The van der Waals surface area contributed by atoms with Crippen LogP contribution in [0, 0.1) is 5.92 Å². The number of fused-ring (bicyclic) bond motifs is 2. The maximum absolute atomic E-state index is 13.6. The number of aliphatic hydroxyl groups is 1. The predicted molar refractivity (Wildman–Crippen MR) is 163 cm³/mol. The Kier molecular flexibility index (Phi) is 8.95. The Labute approximate surface area is 240 Å². The molecule has 4 heteroatoms. The van der Waals surface area contributed by atoms with Crippen LogP contribution in [0.5, 0.6) is 11.5 Å². The van der Waals surface area contributed by atoms with E-state index in [4.69, 9.17) is 4.74 Å². The molecular formula is C36H45NO3. The molecular weight excluding hydrogens is 494 g/mol. The number of nitrogens with one attached hydrogen (secondary N) is 1. The van der Waals surface area contributed by atoms with Crippen molar-refractivity contribution in [1.29, 1.82) is 0 Å². The van der Waals surface area contributed by atoms with Crippen LogP contribution in [-0.4, -0.2) is 17.1 Å². The van der Waals surface area contributed by atoms with Crippen LogP contribution in [0.4, 0.5) is 5.69 Å². The number of ether oxygens (including phenoxy) is 1. The Bertz CT molecular complexity index is 1260. The molecule has 1 fully saturated rings. The summed E-state index contributed by atoms with van der Waals surface area (Å²) in [4.78, 5) is 13.6. The van der Waals surface area contributed by atoms with Gasteiger partial charge in [-0.2, -0.15) is 0 Å². The highest BCUT2D eigenvalue weighted by Gasteiger charge is 2.29. The van der Waals surface area contributed by atoms with Crippen LogP contribution in [0.1, 0.15) is 107 Å². The summed E-state index contributed by atoms with van der Waals surface area (Å²) in [6.45, 7) is 6.53. The SMILES string of the molecule is CC(C)(C)c1ccc(CCC(O)CCC2CCCCC2)cc1NC(=O)CC1c2ccccc2Oc2ccccc21. The Morgan fingerprint density at radius 3 is 2.23 bits per heavy atom. The molecule has 1 heterocycles. The van der Waals surface area contributed by atoms with E-state index in [2.05, 4.69) is 56.4 Å². The van der Waals surface area contributed by atoms with Crippen LogP contribution in [0.15, 0.2) is 66.7 Å². The lowest BCUT2D eigenvalue weighted by molar-refractivity contribution is -0.116. The molecule has 4 nitrogen and oxygen atoms in total. The number of benzene rings is 3. The van der Waals surface area contributed by atoms with Gasteiger partial charge in [0.05, 0.1) is 6.10 Å². The molecule has 0 aromatic heterocycles. The van der Waals surface area contributed by atoms with E-state index in [9.17, 15) is 9.90 Å². The van der Waals surface area contributed by atoms with E-state index in [-0.39, 0.29) is 23.3 Å². The van der Waals surface area contributed by atoms with Crippen LogP contribution < -0.4 is 10.1 Å². The van der Waals surface area contributed by atoms with Crippen molar-refractivity contribution in [2.75, 3.05) is 5.32 Å². The summed E-state index contributed by atoms with van der Waals surface area (Å²) < 4.78 is 6.13. The molecule has 2 aliphatic rings. The van der Waals surface area contributed by atoms with Crippen LogP contribution in [-0.2, 0) is 16.6 Å². The summed E-state index contributed by atoms with van der Waals surface area (Å²) in [5, 5.41) is 14.0. The summed E-state index contributed by atoms with van der Waals surface area (Å²) in [7, 11) is 0. The molecule has 0 radical (unpaired) electrons. The number of carbonyl (C=O) groups is 1. The van der Waals surface area contributed by atoms with Crippen molar-refractivity contribution in [3.8, 4) is 11.5 Å². The van der Waals surface area contributed by atoms with Gasteiger partial charge in [-0.1, -0.05) is 101 Å². The number of carbonyl (C=O) groups excluding carboxylic acids is 1. The maximum Gasteiger partial charge on any atom is 0.225 e. The molecule has 212 valence electrons. The fourth-order valence-corrected chi connectivity index (χ4v) is 6.50. The minimum Gasteiger partial charge on any atom is -0.457 e. The van der Waals surface area contributed by atoms with Gasteiger partial charge in [-0.25, -0.2) is 0 Å². The topological polar surface area (TPSA) is 58.6 Å². The highest BCUT2D eigenvalue weighted by molar-refractivity contribution is 5.93. The van der Waals surface area contributed by atoms with Gasteiger partial charge in [0.15, 0.2) is 0 Å². The molecule has 0 spiro atoms. The van der Waals surface area contributed by atoms with Gasteiger partial charge in [0.25, 0.3) is 0 Å². The van der Waals surface area contributed by atoms with Gasteiger partial charge in [0.1, 0.15) is 11.5 Å². The van der Waals surface area contributed by atoms with Crippen molar-refractivity contribution in [3.05, 3.63) is 89.0 Å². The summed E-state index contributed by atoms with van der Waals surface area (Å²) in [6.07, 6.45) is 10.4. The zero-order valence-electron chi connectivity index (χ0n) is 24.4. The Morgan fingerprint density at radius 1 is 0.925 bits per heavy atom. The Balaban J connectivity index is 1.27. The third-order valence-corrected chi connectivity index (χ3v) is 8.76. The molecule has 1 aliphatic carbocycles. The summed E-state index contributed by atoms with van der Waals surface area (Å²) in [5.41, 5.74) is 5.13. The minimum absolute atomic E-state index is 0.00771. The molecule has 0 saturated heterocycles. The van der Waals surface area contributed by atoms with Crippen LogP contribution >= 0.6 is 0 Å². The standard InChI is InChI=1S/C36H45NO3/c1-36(2,3)31-22-19-26(18-21-27(38)20-17-25-11-5-4-6-12-25)23-32(31)37-35(39)24-30-28-13-7-9-15-33(28)40-34-16-10-8-14-29(30)34/h7-10,13-16,19,22-23,25,27,30,38H,4-6,11-12,17-18,20-21,24H2,1-3H3,(H,37,39). The van der Waals surface area contributed by atoms with E-state index in [1.165, 1.54) is 32.1 Å². The highest BCUT2D eigenvalue weighted by Crippen LogP contribution is 2.45. The maximum atomic E-state index is 13.6. The van der Waals surface area contributed by atoms with Crippen molar-refractivity contribution in [1.82, 2.24) is 0 Å². The molecule has 1 saturated carbocycles. The van der Waals surface area contributed by atoms with Crippen molar-refractivity contribution >= 4 is 11.6 Å². The fourth-order valence-electron chi connectivity index (χ4n) is 6.50. The van der Waals surface area contributed by atoms with Gasteiger partial charge >= 0.3 is 0 Å². The second-order valence-electron chi connectivity index (χ2n) is 12.9. The number of aliphatic hydroxyl groups excluding tert-OH is 1. The molecule has 0 bridgehead atoms. The third kappa shape index (κ3) is 6.96. The van der Waals surface area contributed by atoms with E-state index < -0.39 is 0 Å². The number of para-hydroxylation sites is 2. The van der Waals surface area contributed by atoms with Crippen LogP contribution in [0.25, 0.3) is 0 Å². The predicted octanol–water partition coefficient (Wildman–Crippen LogP) is 8.90. The summed E-state index contributed by atoms with van der Waals surface area (Å²) in [6, 6.07) is 22.5. The molecule has 1 amide bonds. The third-order valence-electron chi connectivity index (χ3n) is 8.76. The highest BCUT2D eigenvalue weighted by atomic mass is 16.5. The van der Waals surface area contributed by atoms with Crippen molar-refractivity contribution in [2.24, 2.45) is 5.92 Å². The minimum atomic E-state index is -0.268. The fraction of sp³-hybridized carbons (Fsp3) is 0.472. The molecule has 3 aromatic carbocycles. The van der Waals surface area contributed by atoms with E-state index in [1.807, 2.05) is 36.4 Å². The zero-order chi connectivity index (χ0) is 28.1. The van der Waals surface area contributed by atoms with E-state index in [0.29, 0.717) is 6.42 Å². The Hall–Kier alpha value is -3.11. The first kappa shape index (κ1) is 28.4. The van der Waals surface area contributed by atoms with E-state index in [0.717, 1.165) is 71.0 Å². The lowest BCUT2D eigenvalue weighted by atomic mass is 9.83. The first-order chi connectivity index (χ1) is 19.3. The monoisotopic (exact) mass is 539 g/mol. The zero-order valence-corrected chi connectivity index (χ0v) is 24.4. The number of amides is 1. The summed E-state index contributed by atoms with van der Waals surface area (Å²) in [5.74, 6) is 2.36. The number of aryl methyl sites for hydroxylation is 1. The van der Waals surface area contributed by atoms with Gasteiger partial charge in [-0.05, 0) is 66.3 Å². The number of rotatable bonds is 9. The molecule has 1 aliphatic heterocycles. The first-order valence-corrected chi connectivity index (χ1v) is 15.2. The second-order valence-corrected chi connectivity index (χ2v) is 12.9.